The lowest BCUT2D eigenvalue weighted by molar-refractivity contribution is 0.439. The third-order valence-corrected chi connectivity index (χ3v) is 1.80. The molecule has 1 aromatic heterocycles. The molecule has 1 heterocycles. The van der Waals surface area contributed by atoms with Crippen LogP contribution in [0, 0.1) is 0 Å². The second-order valence-electron chi connectivity index (χ2n) is 2.61. The van der Waals surface area contributed by atoms with Crippen LogP contribution in [-0.4, -0.2) is 4.98 Å². The lowest BCUT2D eigenvalue weighted by Gasteiger charge is -1.95. The van der Waals surface area contributed by atoms with E-state index in [0.717, 1.165) is 12.8 Å². The van der Waals surface area contributed by atoms with Gasteiger partial charge >= 0.3 is 11.4 Å². The van der Waals surface area contributed by atoms with Crippen LogP contribution in [-0.2, 0) is 0 Å². The van der Waals surface area contributed by atoms with Gasteiger partial charge in [-0.2, -0.15) is 0 Å². The number of hydrogen-bond acceptors (Lipinski definition) is 3. The first kappa shape index (κ1) is 7.09. The highest BCUT2D eigenvalue weighted by atomic mass is 16.4. The fourth-order valence-corrected chi connectivity index (χ4v) is 1.26. The van der Waals surface area contributed by atoms with E-state index in [-0.39, 0.29) is 0 Å². The summed E-state index contributed by atoms with van der Waals surface area (Å²) in [5.74, 6) is -0.690. The Kier molecular flexibility index (Phi) is 1.46. The number of nitrogens with one attached hydrogen (secondary N) is 1. The van der Waals surface area contributed by atoms with Crippen LogP contribution < -0.4 is 21.9 Å². The van der Waals surface area contributed by atoms with Gasteiger partial charge in [-0.3, -0.25) is 4.98 Å². The summed E-state index contributed by atoms with van der Waals surface area (Å²) in [6, 6.07) is 0. The quantitative estimate of drug-likeness (QED) is 0.518. The van der Waals surface area contributed by atoms with Crippen molar-refractivity contribution in [2.45, 2.75) is 12.8 Å². The molecule has 0 saturated carbocycles. The molecule has 0 saturated heterocycles. The molecule has 2 rings (SSSR count). The average Bonchev–Trinajstić information content (AvgIpc) is 2.04. The van der Waals surface area contributed by atoms with E-state index in [1.165, 1.54) is 0 Å². The van der Waals surface area contributed by atoms with E-state index in [2.05, 4.69) is 9.40 Å². The molecule has 0 amide bonds. The van der Waals surface area contributed by atoms with Gasteiger partial charge in [0.15, 0.2) is 0 Å². The Morgan fingerprint density at radius 2 is 2.00 bits per heavy atom. The Morgan fingerprint density at radius 1 is 1.25 bits per heavy atom. The molecular weight excluding hydrogens is 158 g/mol. The van der Waals surface area contributed by atoms with Crippen molar-refractivity contribution in [2.75, 3.05) is 0 Å². The first-order valence-corrected chi connectivity index (χ1v) is 3.71. The minimum absolute atomic E-state index is 0.473. The summed E-state index contributed by atoms with van der Waals surface area (Å²) in [6.07, 6.45) is 5.28. The molecule has 1 N–H and O–H groups in total. The second-order valence-corrected chi connectivity index (χ2v) is 2.61. The van der Waals surface area contributed by atoms with Gasteiger partial charge in [0.05, 0.1) is 10.6 Å². The van der Waals surface area contributed by atoms with Crippen molar-refractivity contribution in [3.05, 3.63) is 31.5 Å². The molecule has 1 aliphatic carbocycles. The summed E-state index contributed by atoms with van der Waals surface area (Å²) in [7, 11) is 0. The zero-order chi connectivity index (χ0) is 8.55. The minimum atomic E-state index is -0.690. The van der Waals surface area contributed by atoms with Gasteiger partial charge in [-0.1, -0.05) is 12.2 Å². The largest absolute Gasteiger partial charge is 0.419 e. The van der Waals surface area contributed by atoms with Crippen LogP contribution in [0.2, 0.25) is 0 Å². The van der Waals surface area contributed by atoms with Gasteiger partial charge in [0.1, 0.15) is 0 Å². The molecule has 4 nitrogen and oxygen atoms in total. The van der Waals surface area contributed by atoms with Gasteiger partial charge < -0.3 is 4.42 Å². The number of H-pyrrole nitrogens is 1. The highest BCUT2D eigenvalue weighted by molar-refractivity contribution is 5.33. The summed E-state index contributed by atoms with van der Waals surface area (Å²) >= 11 is 0. The van der Waals surface area contributed by atoms with E-state index in [9.17, 15) is 9.59 Å². The van der Waals surface area contributed by atoms with Crippen molar-refractivity contribution in [3.63, 3.8) is 0 Å². The Labute approximate surface area is 66.9 Å². The normalized spacial score (nSPS) is 14.3. The number of hydrogen-bond donors (Lipinski definition) is 1. The van der Waals surface area contributed by atoms with Crippen molar-refractivity contribution < 1.29 is 4.42 Å². The molecule has 4 heteroatoms. The molecule has 62 valence electrons. The van der Waals surface area contributed by atoms with E-state index < -0.39 is 11.4 Å². The molecular formula is C8H7NO3. The van der Waals surface area contributed by atoms with Crippen molar-refractivity contribution in [1.29, 1.82) is 0 Å². The van der Waals surface area contributed by atoms with Gasteiger partial charge in [-0.05, 0) is 12.8 Å². The highest BCUT2D eigenvalue weighted by Gasteiger charge is 1.99. The summed E-state index contributed by atoms with van der Waals surface area (Å²) in [5.41, 5.74) is -0.551. The molecule has 0 spiro atoms. The van der Waals surface area contributed by atoms with Crippen LogP contribution in [0.15, 0.2) is 14.0 Å². The minimum Gasteiger partial charge on any atom is -0.372 e. The van der Waals surface area contributed by atoms with Crippen molar-refractivity contribution in [3.8, 4) is 0 Å². The molecule has 0 fully saturated rings. The summed E-state index contributed by atoms with van der Waals surface area (Å²) in [6.45, 7) is 0. The maximum atomic E-state index is 11.0. The van der Waals surface area contributed by atoms with Gasteiger partial charge in [0, 0.05) is 0 Å². The van der Waals surface area contributed by atoms with E-state index >= 15 is 0 Å². The van der Waals surface area contributed by atoms with Crippen molar-refractivity contribution >= 4 is 12.2 Å². The van der Waals surface area contributed by atoms with Crippen LogP contribution in [0.25, 0.3) is 12.2 Å². The predicted molar refractivity (Wildman–Crippen MR) is 43.0 cm³/mol. The van der Waals surface area contributed by atoms with E-state index in [1.807, 2.05) is 6.08 Å². The lowest BCUT2D eigenvalue weighted by atomic mass is 10.2. The van der Waals surface area contributed by atoms with Gasteiger partial charge in [0.25, 0.3) is 0 Å². The summed E-state index contributed by atoms with van der Waals surface area (Å²) in [4.78, 5) is 24.2. The van der Waals surface area contributed by atoms with E-state index in [1.54, 1.807) is 6.08 Å². The number of aromatic amines is 1. The van der Waals surface area contributed by atoms with Crippen LogP contribution in [0.4, 0.5) is 0 Å². The number of fused-ring (bicyclic) bond motifs is 1. The Balaban J connectivity index is 3.07. The Bertz CT molecular complexity index is 520. The van der Waals surface area contributed by atoms with Gasteiger partial charge in [-0.25, -0.2) is 9.59 Å². The molecule has 12 heavy (non-hydrogen) atoms. The SMILES string of the molecule is O=c1[nH]c2c(c(=O)o1)=CCCC=2. The maximum Gasteiger partial charge on any atom is 0.419 e. The zero-order valence-electron chi connectivity index (χ0n) is 6.29. The maximum absolute atomic E-state index is 11.0. The molecule has 0 bridgehead atoms. The number of aromatic nitrogens is 1. The lowest BCUT2D eigenvalue weighted by Crippen LogP contribution is -2.46. The van der Waals surface area contributed by atoms with Crippen LogP contribution in [0.3, 0.4) is 0 Å². The van der Waals surface area contributed by atoms with E-state index in [4.69, 9.17) is 0 Å². The average molecular weight is 165 g/mol. The fraction of sp³-hybridized carbons (Fsp3) is 0.250. The predicted octanol–water partition coefficient (Wildman–Crippen LogP) is -1.32. The smallest absolute Gasteiger partial charge is 0.372 e. The molecule has 0 unspecified atom stereocenters. The van der Waals surface area contributed by atoms with Gasteiger partial charge in [-0.15, -0.1) is 0 Å². The third kappa shape index (κ3) is 1.01. The first-order valence-electron chi connectivity index (χ1n) is 3.71. The molecule has 0 radical (unpaired) electrons. The van der Waals surface area contributed by atoms with Crippen molar-refractivity contribution in [2.24, 2.45) is 0 Å². The Hall–Kier alpha value is -1.58. The zero-order valence-corrected chi connectivity index (χ0v) is 6.29. The molecule has 0 aromatic carbocycles. The first-order chi connectivity index (χ1) is 5.77. The summed E-state index contributed by atoms with van der Waals surface area (Å²) < 4.78 is 4.36. The molecule has 0 atom stereocenters. The van der Waals surface area contributed by atoms with Crippen LogP contribution in [0.1, 0.15) is 12.8 Å². The second kappa shape index (κ2) is 2.48. The molecule has 1 aliphatic rings. The van der Waals surface area contributed by atoms with E-state index in [0.29, 0.717) is 10.6 Å². The van der Waals surface area contributed by atoms with Gasteiger partial charge in [0.2, 0.25) is 0 Å². The number of rotatable bonds is 0. The van der Waals surface area contributed by atoms with Crippen LogP contribution >= 0.6 is 0 Å². The monoisotopic (exact) mass is 165 g/mol. The molecule has 1 aromatic rings. The standard InChI is InChI=1S/C8H7NO3/c10-7-5-3-1-2-4-6(5)9-8(11)12-7/h3-4H,1-2H2,(H,9,11). The third-order valence-electron chi connectivity index (χ3n) is 1.80. The molecule has 0 aliphatic heterocycles. The topological polar surface area (TPSA) is 63.1 Å². The van der Waals surface area contributed by atoms with Crippen LogP contribution in [0.5, 0.6) is 0 Å². The van der Waals surface area contributed by atoms with Crippen molar-refractivity contribution in [1.82, 2.24) is 4.98 Å². The summed E-state index contributed by atoms with van der Waals surface area (Å²) in [5, 5.41) is 1.06. The highest BCUT2D eigenvalue weighted by Crippen LogP contribution is 1.91. The Morgan fingerprint density at radius 3 is 2.83 bits per heavy atom. The fourth-order valence-electron chi connectivity index (χ4n) is 1.26.